The fourth-order valence-electron chi connectivity index (χ4n) is 1.26. The molecule has 4 heteroatoms. The Morgan fingerprint density at radius 2 is 2.20 bits per heavy atom. The molecule has 0 aromatic rings. The van der Waals surface area contributed by atoms with Gasteiger partial charge < -0.3 is 19.7 Å². The van der Waals surface area contributed by atoms with Crippen LogP contribution in [-0.2, 0) is 9.53 Å². The molecule has 2 atom stereocenters. The highest BCUT2D eigenvalue weighted by molar-refractivity contribution is 5.48. The lowest BCUT2D eigenvalue weighted by atomic mass is 9.96. The van der Waals surface area contributed by atoms with Crippen LogP contribution in [0.15, 0.2) is 0 Å². The Morgan fingerprint density at radius 3 is 2.67 bits per heavy atom. The van der Waals surface area contributed by atoms with Gasteiger partial charge in [0.15, 0.2) is 0 Å². The van der Waals surface area contributed by atoms with Crippen molar-refractivity contribution in [2.75, 3.05) is 13.2 Å². The third-order valence-corrected chi connectivity index (χ3v) is 2.61. The van der Waals surface area contributed by atoms with Gasteiger partial charge in [-0.15, -0.1) is 0 Å². The van der Waals surface area contributed by atoms with Gasteiger partial charge in [-0.2, -0.15) is 0 Å². The number of hydrogen-bond donors (Lipinski definition) is 2. The van der Waals surface area contributed by atoms with Gasteiger partial charge in [-0.1, -0.05) is 6.92 Å². The number of aliphatic hydroxyl groups excluding tert-OH is 2. The van der Waals surface area contributed by atoms with Crippen molar-refractivity contribution < 1.29 is 19.7 Å². The van der Waals surface area contributed by atoms with Crippen LogP contribution in [0.25, 0.3) is 0 Å². The Morgan fingerprint density at radius 1 is 1.53 bits per heavy atom. The second-order valence-corrected chi connectivity index (χ2v) is 4.01. The van der Waals surface area contributed by atoms with Gasteiger partial charge in [0.2, 0.25) is 0 Å². The van der Waals surface area contributed by atoms with Gasteiger partial charge in [-0.3, -0.25) is 0 Å². The maximum absolute atomic E-state index is 10.2. The van der Waals surface area contributed by atoms with Crippen LogP contribution in [0.4, 0.5) is 0 Å². The molecule has 90 valence electrons. The van der Waals surface area contributed by atoms with Crippen molar-refractivity contribution in [1.82, 2.24) is 0 Å². The molecule has 4 nitrogen and oxygen atoms in total. The molecular weight excluding hydrogens is 196 g/mol. The molecule has 2 unspecified atom stereocenters. The van der Waals surface area contributed by atoms with E-state index in [1.54, 1.807) is 0 Å². The van der Waals surface area contributed by atoms with E-state index in [1.807, 2.05) is 13.8 Å². The van der Waals surface area contributed by atoms with E-state index in [0.717, 1.165) is 25.5 Å². The molecule has 0 saturated heterocycles. The first-order chi connectivity index (χ1) is 7.08. The summed E-state index contributed by atoms with van der Waals surface area (Å²) >= 11 is 0. The van der Waals surface area contributed by atoms with E-state index in [4.69, 9.17) is 14.9 Å². The number of rotatable bonds is 9. The van der Waals surface area contributed by atoms with Crippen LogP contribution in [0.5, 0.6) is 0 Å². The molecule has 0 aromatic heterocycles. The third kappa shape index (κ3) is 6.60. The van der Waals surface area contributed by atoms with E-state index in [-0.39, 0.29) is 18.8 Å². The first-order valence-electron chi connectivity index (χ1n) is 5.44. The fourth-order valence-corrected chi connectivity index (χ4v) is 1.26. The molecule has 15 heavy (non-hydrogen) atoms. The predicted octanol–water partition coefficient (Wildman–Crippen LogP) is 0.894. The monoisotopic (exact) mass is 218 g/mol. The van der Waals surface area contributed by atoms with Gasteiger partial charge in [0.05, 0.1) is 18.8 Å². The van der Waals surface area contributed by atoms with Crippen LogP contribution in [0.2, 0.25) is 0 Å². The highest BCUT2D eigenvalue weighted by Crippen LogP contribution is 2.22. The molecule has 0 aromatic carbocycles. The number of aliphatic hydroxyl groups is 2. The predicted molar refractivity (Wildman–Crippen MR) is 57.7 cm³/mol. The zero-order chi connectivity index (χ0) is 11.7. The molecule has 0 amide bonds. The number of ether oxygens (including phenoxy) is 1. The summed E-state index contributed by atoms with van der Waals surface area (Å²) in [6, 6.07) is 0. The fraction of sp³-hybridized carbons (Fsp3) is 0.909. The lowest BCUT2D eigenvalue weighted by Crippen LogP contribution is -2.33. The van der Waals surface area contributed by atoms with Crippen LogP contribution in [-0.4, -0.2) is 41.4 Å². The van der Waals surface area contributed by atoms with Crippen LogP contribution >= 0.6 is 0 Å². The highest BCUT2D eigenvalue weighted by Gasteiger charge is 2.23. The van der Waals surface area contributed by atoms with Crippen LogP contribution in [0, 0.1) is 0 Å². The first-order valence-corrected chi connectivity index (χ1v) is 5.44. The van der Waals surface area contributed by atoms with E-state index in [0.29, 0.717) is 6.42 Å². The van der Waals surface area contributed by atoms with Crippen LogP contribution < -0.4 is 0 Å². The Balaban J connectivity index is 3.89. The minimum atomic E-state index is -0.818. The lowest BCUT2D eigenvalue weighted by Gasteiger charge is -2.29. The summed E-state index contributed by atoms with van der Waals surface area (Å²) < 4.78 is 5.55. The zero-order valence-electron chi connectivity index (χ0n) is 9.61. The Labute approximate surface area is 91.3 Å². The van der Waals surface area contributed by atoms with Gasteiger partial charge in [-0.05, 0) is 26.2 Å². The van der Waals surface area contributed by atoms with Gasteiger partial charge in [0, 0.05) is 6.42 Å². The molecule has 0 saturated carbocycles. The largest absolute Gasteiger partial charge is 0.394 e. The Kier molecular flexibility index (Phi) is 7.56. The third-order valence-electron chi connectivity index (χ3n) is 2.61. The summed E-state index contributed by atoms with van der Waals surface area (Å²) in [7, 11) is 0. The number of hydrogen-bond acceptors (Lipinski definition) is 4. The summed E-state index contributed by atoms with van der Waals surface area (Å²) in [5, 5.41) is 17.8. The number of carbonyl (C=O) groups is 1. The maximum Gasteiger partial charge on any atom is 0.119 e. The van der Waals surface area contributed by atoms with Crippen LogP contribution in [0.3, 0.4) is 0 Å². The quantitative estimate of drug-likeness (QED) is 0.445. The second-order valence-electron chi connectivity index (χ2n) is 4.01. The van der Waals surface area contributed by atoms with Crippen molar-refractivity contribution in [2.24, 2.45) is 0 Å². The summed E-state index contributed by atoms with van der Waals surface area (Å²) in [6.45, 7) is 3.82. The smallest absolute Gasteiger partial charge is 0.119 e. The van der Waals surface area contributed by atoms with Crippen molar-refractivity contribution in [3.8, 4) is 0 Å². The Bertz CT molecular complexity index is 172. The minimum absolute atomic E-state index is 0.141. The normalized spacial score (nSPS) is 17.1. The van der Waals surface area contributed by atoms with Gasteiger partial charge in [0.1, 0.15) is 12.4 Å². The number of aldehydes is 1. The molecule has 0 rings (SSSR count). The summed E-state index contributed by atoms with van der Waals surface area (Å²) in [5.41, 5.74) is -0.306. The number of carbonyl (C=O) groups excluding carboxylic acids is 1. The molecule has 0 bridgehead atoms. The summed E-state index contributed by atoms with van der Waals surface area (Å²) in [4.78, 5) is 10.2. The van der Waals surface area contributed by atoms with Crippen molar-refractivity contribution >= 4 is 6.29 Å². The zero-order valence-corrected chi connectivity index (χ0v) is 9.61. The molecule has 2 N–H and O–H groups in total. The van der Waals surface area contributed by atoms with Crippen LogP contribution in [0.1, 0.15) is 39.5 Å². The molecule has 0 heterocycles. The summed E-state index contributed by atoms with van der Waals surface area (Å²) in [5.74, 6) is 0. The van der Waals surface area contributed by atoms with Crippen molar-refractivity contribution in [1.29, 1.82) is 0 Å². The van der Waals surface area contributed by atoms with E-state index in [2.05, 4.69) is 0 Å². The SMILES string of the molecule is CCC(C)(CCCC=O)OCC(O)CO. The lowest BCUT2D eigenvalue weighted by molar-refractivity contribution is -0.108. The van der Waals surface area contributed by atoms with Gasteiger partial charge in [0.25, 0.3) is 0 Å². The molecule has 0 spiro atoms. The van der Waals surface area contributed by atoms with Gasteiger partial charge >= 0.3 is 0 Å². The van der Waals surface area contributed by atoms with Crippen molar-refractivity contribution in [3.63, 3.8) is 0 Å². The molecule has 0 aliphatic rings. The molecular formula is C11H22O4. The van der Waals surface area contributed by atoms with E-state index in [1.165, 1.54) is 0 Å². The molecule has 0 fully saturated rings. The van der Waals surface area contributed by atoms with E-state index >= 15 is 0 Å². The van der Waals surface area contributed by atoms with Crippen molar-refractivity contribution in [3.05, 3.63) is 0 Å². The standard InChI is InChI=1S/C11H22O4/c1-3-11(2,6-4-5-7-12)15-9-10(14)8-13/h7,10,13-14H,3-6,8-9H2,1-2H3. The van der Waals surface area contributed by atoms with Crippen molar-refractivity contribution in [2.45, 2.75) is 51.2 Å². The number of unbranched alkanes of at least 4 members (excludes halogenated alkanes) is 1. The maximum atomic E-state index is 10.2. The highest BCUT2D eigenvalue weighted by atomic mass is 16.5. The Hall–Kier alpha value is -0.450. The minimum Gasteiger partial charge on any atom is -0.394 e. The average molecular weight is 218 g/mol. The average Bonchev–Trinajstić information content (AvgIpc) is 2.26. The summed E-state index contributed by atoms with van der Waals surface area (Å²) in [6.07, 6.45) is 3.04. The van der Waals surface area contributed by atoms with E-state index < -0.39 is 6.10 Å². The van der Waals surface area contributed by atoms with Gasteiger partial charge in [-0.25, -0.2) is 0 Å². The van der Waals surface area contributed by atoms with E-state index in [9.17, 15) is 4.79 Å². The second kappa shape index (κ2) is 7.79. The molecule has 0 aliphatic heterocycles. The molecule has 0 aliphatic carbocycles. The molecule has 0 radical (unpaired) electrons. The topological polar surface area (TPSA) is 66.8 Å². The first kappa shape index (κ1) is 14.6.